The van der Waals surface area contributed by atoms with Crippen molar-refractivity contribution < 1.29 is 19.1 Å². The van der Waals surface area contributed by atoms with E-state index in [9.17, 15) is 9.59 Å². The van der Waals surface area contributed by atoms with Crippen LogP contribution in [0.3, 0.4) is 0 Å². The molecule has 6 nitrogen and oxygen atoms in total. The highest BCUT2D eigenvalue weighted by molar-refractivity contribution is 5.95. The summed E-state index contributed by atoms with van der Waals surface area (Å²) in [7, 11) is 3.12. The number of methoxy groups -OCH3 is 2. The molecule has 26 heavy (non-hydrogen) atoms. The van der Waals surface area contributed by atoms with Crippen LogP contribution in [0, 0.1) is 5.92 Å². The van der Waals surface area contributed by atoms with Crippen molar-refractivity contribution in [3.63, 3.8) is 0 Å². The normalized spacial score (nSPS) is 15.0. The minimum absolute atomic E-state index is 0.0391. The highest BCUT2D eigenvalue weighted by atomic mass is 16.5. The molecule has 144 valence electrons. The molecular formula is C20H30N2O4. The lowest BCUT2D eigenvalue weighted by Crippen LogP contribution is -2.39. The second-order valence-electron chi connectivity index (χ2n) is 6.55. The summed E-state index contributed by atoms with van der Waals surface area (Å²) in [6.45, 7) is 6.62. The average molecular weight is 362 g/mol. The van der Waals surface area contributed by atoms with Crippen LogP contribution in [0.5, 0.6) is 11.5 Å². The Morgan fingerprint density at radius 2 is 1.58 bits per heavy atom. The summed E-state index contributed by atoms with van der Waals surface area (Å²) < 4.78 is 10.5. The highest BCUT2D eigenvalue weighted by Crippen LogP contribution is 2.28. The summed E-state index contributed by atoms with van der Waals surface area (Å²) in [5.74, 6) is 1.40. The van der Waals surface area contributed by atoms with Crippen LogP contribution in [0.1, 0.15) is 43.5 Å². The van der Waals surface area contributed by atoms with Crippen LogP contribution in [-0.4, -0.2) is 62.0 Å². The summed E-state index contributed by atoms with van der Waals surface area (Å²) in [6.07, 6.45) is 2.52. The van der Waals surface area contributed by atoms with Crippen molar-refractivity contribution in [1.82, 2.24) is 9.80 Å². The fraction of sp³-hybridized carbons (Fsp3) is 0.600. The van der Waals surface area contributed by atoms with Crippen LogP contribution >= 0.6 is 0 Å². The summed E-state index contributed by atoms with van der Waals surface area (Å²) in [4.78, 5) is 29.2. The van der Waals surface area contributed by atoms with Gasteiger partial charge < -0.3 is 19.3 Å². The zero-order valence-electron chi connectivity index (χ0n) is 16.3. The van der Waals surface area contributed by atoms with E-state index in [4.69, 9.17) is 9.47 Å². The largest absolute Gasteiger partial charge is 0.493 e. The molecule has 0 N–H and O–H groups in total. The number of rotatable bonds is 6. The van der Waals surface area contributed by atoms with Crippen LogP contribution in [0.15, 0.2) is 18.2 Å². The topological polar surface area (TPSA) is 59.1 Å². The van der Waals surface area contributed by atoms with Gasteiger partial charge in [0.1, 0.15) is 0 Å². The lowest BCUT2D eigenvalue weighted by molar-refractivity contribution is -0.135. The Balaban J connectivity index is 2.06. The van der Waals surface area contributed by atoms with Crippen molar-refractivity contribution in [2.45, 2.75) is 33.1 Å². The molecule has 1 aliphatic rings. The third-order valence-electron chi connectivity index (χ3n) is 5.06. The lowest BCUT2D eigenvalue weighted by atomic mass is 10.0. The quantitative estimate of drug-likeness (QED) is 0.781. The molecule has 2 amide bonds. The SMILES string of the molecule is CCC(CC)C(=O)N1CCCN(C(=O)c2ccc(OC)c(OC)c2)CC1. The summed E-state index contributed by atoms with van der Waals surface area (Å²) in [6, 6.07) is 5.20. The van der Waals surface area contributed by atoms with Gasteiger partial charge in [0.15, 0.2) is 11.5 Å². The maximum absolute atomic E-state index is 12.9. The molecule has 0 aliphatic carbocycles. The maximum atomic E-state index is 12.9. The molecule has 0 radical (unpaired) electrons. The van der Waals surface area contributed by atoms with Gasteiger partial charge >= 0.3 is 0 Å². The molecule has 6 heteroatoms. The fourth-order valence-corrected chi connectivity index (χ4v) is 3.39. The first kappa shape index (κ1) is 20.1. The second kappa shape index (κ2) is 9.46. The summed E-state index contributed by atoms with van der Waals surface area (Å²) in [5.41, 5.74) is 0.572. The molecule has 2 rings (SSSR count). The standard InChI is InChI=1S/C20H30N2O4/c1-5-15(6-2)19(23)21-10-7-11-22(13-12-21)20(24)16-8-9-17(25-3)18(14-16)26-4/h8-9,14-15H,5-7,10-13H2,1-4H3. The van der Waals surface area contributed by atoms with Gasteiger partial charge in [-0.2, -0.15) is 0 Å². The molecule has 0 spiro atoms. The number of hydrogen-bond acceptors (Lipinski definition) is 4. The molecule has 0 atom stereocenters. The first-order valence-corrected chi connectivity index (χ1v) is 9.35. The molecule has 0 saturated carbocycles. The summed E-state index contributed by atoms with van der Waals surface area (Å²) >= 11 is 0. The minimum Gasteiger partial charge on any atom is -0.493 e. The van der Waals surface area contributed by atoms with Crippen molar-refractivity contribution in [3.05, 3.63) is 23.8 Å². The maximum Gasteiger partial charge on any atom is 0.254 e. The molecule has 1 aliphatic heterocycles. The second-order valence-corrected chi connectivity index (χ2v) is 6.55. The molecule has 1 saturated heterocycles. The number of nitrogens with zero attached hydrogens (tertiary/aromatic N) is 2. The van der Waals surface area contributed by atoms with Gasteiger partial charge in [-0.15, -0.1) is 0 Å². The van der Waals surface area contributed by atoms with Crippen LogP contribution in [-0.2, 0) is 4.79 Å². The van der Waals surface area contributed by atoms with E-state index < -0.39 is 0 Å². The van der Waals surface area contributed by atoms with Gasteiger partial charge in [0.05, 0.1) is 14.2 Å². The molecular weight excluding hydrogens is 332 g/mol. The van der Waals surface area contributed by atoms with E-state index in [2.05, 4.69) is 13.8 Å². The lowest BCUT2D eigenvalue weighted by Gasteiger charge is -2.25. The molecule has 1 aromatic carbocycles. The molecule has 1 heterocycles. The number of ether oxygens (including phenoxy) is 2. The fourth-order valence-electron chi connectivity index (χ4n) is 3.39. The van der Waals surface area contributed by atoms with Gasteiger partial charge in [0.2, 0.25) is 5.91 Å². The van der Waals surface area contributed by atoms with Gasteiger partial charge in [-0.25, -0.2) is 0 Å². The molecule has 1 aromatic rings. The van der Waals surface area contributed by atoms with Gasteiger partial charge in [0, 0.05) is 37.7 Å². The number of amides is 2. The van der Waals surface area contributed by atoms with E-state index in [1.54, 1.807) is 32.4 Å². The van der Waals surface area contributed by atoms with Crippen molar-refractivity contribution in [3.8, 4) is 11.5 Å². The highest BCUT2D eigenvalue weighted by Gasteiger charge is 2.26. The van der Waals surface area contributed by atoms with Gasteiger partial charge in [0.25, 0.3) is 5.91 Å². The van der Waals surface area contributed by atoms with E-state index in [-0.39, 0.29) is 17.7 Å². The first-order valence-electron chi connectivity index (χ1n) is 9.35. The Morgan fingerprint density at radius 1 is 0.962 bits per heavy atom. The smallest absolute Gasteiger partial charge is 0.254 e. The van der Waals surface area contributed by atoms with Gasteiger partial charge in [-0.1, -0.05) is 13.8 Å². The van der Waals surface area contributed by atoms with Crippen LogP contribution in [0.25, 0.3) is 0 Å². The number of carbonyl (C=O) groups is 2. The number of carbonyl (C=O) groups excluding carboxylic acids is 2. The van der Waals surface area contributed by atoms with Crippen molar-refractivity contribution in [1.29, 1.82) is 0 Å². The molecule has 0 unspecified atom stereocenters. The first-order chi connectivity index (χ1) is 12.5. The van der Waals surface area contributed by atoms with Crippen molar-refractivity contribution >= 4 is 11.8 Å². The minimum atomic E-state index is -0.0391. The zero-order chi connectivity index (χ0) is 19.1. The van der Waals surface area contributed by atoms with E-state index in [0.717, 1.165) is 19.3 Å². The van der Waals surface area contributed by atoms with Crippen LogP contribution in [0.2, 0.25) is 0 Å². The van der Waals surface area contributed by atoms with Gasteiger partial charge in [-0.3, -0.25) is 9.59 Å². The molecule has 0 bridgehead atoms. The van der Waals surface area contributed by atoms with E-state index in [1.807, 2.05) is 9.80 Å². The van der Waals surface area contributed by atoms with E-state index in [0.29, 0.717) is 43.2 Å². The van der Waals surface area contributed by atoms with Crippen molar-refractivity contribution in [2.75, 3.05) is 40.4 Å². The molecule has 0 aromatic heterocycles. The van der Waals surface area contributed by atoms with Crippen molar-refractivity contribution in [2.24, 2.45) is 5.92 Å². The molecule has 1 fully saturated rings. The number of hydrogen-bond donors (Lipinski definition) is 0. The third kappa shape index (κ3) is 4.48. The Hall–Kier alpha value is -2.24. The Kier molecular flexibility index (Phi) is 7.30. The predicted molar refractivity (Wildman–Crippen MR) is 101 cm³/mol. The number of benzene rings is 1. The van der Waals surface area contributed by atoms with E-state index in [1.165, 1.54) is 0 Å². The van der Waals surface area contributed by atoms with Crippen LogP contribution < -0.4 is 9.47 Å². The van der Waals surface area contributed by atoms with Gasteiger partial charge in [-0.05, 0) is 37.5 Å². The third-order valence-corrected chi connectivity index (χ3v) is 5.06. The van der Waals surface area contributed by atoms with E-state index >= 15 is 0 Å². The van der Waals surface area contributed by atoms with Crippen LogP contribution in [0.4, 0.5) is 0 Å². The Labute approximate surface area is 156 Å². The Morgan fingerprint density at radius 3 is 2.19 bits per heavy atom. The monoisotopic (exact) mass is 362 g/mol. The zero-order valence-corrected chi connectivity index (χ0v) is 16.3. The summed E-state index contributed by atoms with van der Waals surface area (Å²) in [5, 5.41) is 0. The average Bonchev–Trinajstić information content (AvgIpc) is 2.93. The predicted octanol–water partition coefficient (Wildman–Crippen LogP) is 2.81. The Bertz CT molecular complexity index is 628.